The minimum atomic E-state index is -0.271. The number of H-pyrrole nitrogens is 2. The number of rotatable bonds is 5. The van der Waals surface area contributed by atoms with Gasteiger partial charge in [-0.3, -0.25) is 4.79 Å². The quantitative estimate of drug-likeness (QED) is 0.669. The molecule has 0 aliphatic carbocycles. The minimum Gasteiger partial charge on any atom is -0.328 e. The van der Waals surface area contributed by atoms with Gasteiger partial charge in [-0.15, -0.1) is 0 Å². The van der Waals surface area contributed by atoms with Crippen molar-refractivity contribution in [3.8, 4) is 0 Å². The first kappa shape index (κ1) is 14.8. The van der Waals surface area contributed by atoms with E-state index >= 15 is 0 Å². The van der Waals surface area contributed by atoms with Crippen molar-refractivity contribution in [2.75, 3.05) is 5.32 Å². The van der Waals surface area contributed by atoms with Crippen LogP contribution in [-0.2, 0) is 4.79 Å². The van der Waals surface area contributed by atoms with E-state index in [1.54, 1.807) is 12.1 Å². The molecule has 20 heavy (non-hydrogen) atoms. The topological polar surface area (TPSA) is 104 Å². The summed E-state index contributed by atoms with van der Waals surface area (Å²) >= 11 is 3.38. The smallest absolute Gasteiger partial charge is 0.323 e. The summed E-state index contributed by atoms with van der Waals surface area (Å²) in [6.07, 6.45) is 2.00. The number of nitrogens with two attached hydrogens (primary N) is 1. The highest BCUT2D eigenvalue weighted by Gasteiger charge is 2.09. The number of nitrogens with one attached hydrogen (secondary N) is 3. The highest BCUT2D eigenvalue weighted by Crippen LogP contribution is 2.26. The molecule has 0 aliphatic heterocycles. The molecule has 0 fully saturated rings. The second-order valence-corrected chi connectivity index (χ2v) is 5.73. The number of benzene rings is 1. The van der Waals surface area contributed by atoms with E-state index in [1.165, 1.54) is 0 Å². The lowest BCUT2D eigenvalue weighted by molar-refractivity contribution is -0.116. The average molecular weight is 341 g/mol. The Bertz CT molecular complexity index is 675. The maximum absolute atomic E-state index is 11.8. The zero-order valence-electron chi connectivity index (χ0n) is 11.1. The number of carbonyl (C=O) groups excluding carboxylic acids is 1. The SMILES string of the molecule is CC(N)CCCC(=O)Nc1cc2[nH]c(=O)[nH]c2cc1Br. The Morgan fingerprint density at radius 1 is 1.40 bits per heavy atom. The normalized spacial score (nSPS) is 12.6. The maximum Gasteiger partial charge on any atom is 0.323 e. The number of fused-ring (bicyclic) bond motifs is 1. The van der Waals surface area contributed by atoms with Crippen molar-refractivity contribution >= 4 is 38.6 Å². The summed E-state index contributed by atoms with van der Waals surface area (Å²) in [5, 5.41) is 2.82. The summed E-state index contributed by atoms with van der Waals surface area (Å²) in [4.78, 5) is 28.4. The van der Waals surface area contributed by atoms with Gasteiger partial charge in [-0.1, -0.05) is 0 Å². The Balaban J connectivity index is 2.07. The van der Waals surface area contributed by atoms with Crippen LogP contribution in [0.25, 0.3) is 11.0 Å². The van der Waals surface area contributed by atoms with Gasteiger partial charge in [0.25, 0.3) is 0 Å². The van der Waals surface area contributed by atoms with Gasteiger partial charge in [-0.2, -0.15) is 0 Å². The van der Waals surface area contributed by atoms with Crippen LogP contribution in [0.2, 0.25) is 0 Å². The molecule has 5 N–H and O–H groups in total. The molecule has 1 atom stereocenters. The molecule has 1 unspecified atom stereocenters. The number of hydrogen-bond donors (Lipinski definition) is 4. The van der Waals surface area contributed by atoms with Gasteiger partial charge in [0.2, 0.25) is 5.91 Å². The molecule has 6 nitrogen and oxygen atoms in total. The lowest BCUT2D eigenvalue weighted by Crippen LogP contribution is -2.17. The van der Waals surface area contributed by atoms with Crippen LogP contribution in [0.15, 0.2) is 21.4 Å². The Morgan fingerprint density at radius 2 is 2.05 bits per heavy atom. The van der Waals surface area contributed by atoms with Gasteiger partial charge in [0, 0.05) is 16.9 Å². The number of anilines is 1. The van der Waals surface area contributed by atoms with Crippen LogP contribution in [0.4, 0.5) is 5.69 Å². The minimum absolute atomic E-state index is 0.0661. The fraction of sp³-hybridized carbons (Fsp3) is 0.385. The van der Waals surface area contributed by atoms with Crippen LogP contribution in [0.3, 0.4) is 0 Å². The van der Waals surface area contributed by atoms with Gasteiger partial charge >= 0.3 is 5.69 Å². The van der Waals surface area contributed by atoms with Gasteiger partial charge in [0.05, 0.1) is 16.7 Å². The molecule has 0 spiro atoms. The van der Waals surface area contributed by atoms with Crippen LogP contribution in [0, 0.1) is 0 Å². The highest BCUT2D eigenvalue weighted by atomic mass is 79.9. The van der Waals surface area contributed by atoms with Gasteiger partial charge in [0.15, 0.2) is 0 Å². The third-order valence-corrected chi connectivity index (χ3v) is 3.60. The molecule has 7 heteroatoms. The van der Waals surface area contributed by atoms with Crippen molar-refractivity contribution in [2.45, 2.75) is 32.2 Å². The van der Waals surface area contributed by atoms with E-state index in [0.717, 1.165) is 17.3 Å². The third kappa shape index (κ3) is 3.71. The first-order valence-electron chi connectivity index (χ1n) is 6.42. The van der Waals surface area contributed by atoms with Crippen molar-refractivity contribution in [1.82, 2.24) is 9.97 Å². The second-order valence-electron chi connectivity index (χ2n) is 4.87. The molecule has 0 aliphatic rings. The van der Waals surface area contributed by atoms with E-state index in [4.69, 9.17) is 5.73 Å². The fourth-order valence-corrected chi connectivity index (χ4v) is 2.39. The lowest BCUT2D eigenvalue weighted by atomic mass is 10.1. The molecular formula is C13H17BrN4O2. The number of aromatic nitrogens is 2. The number of carbonyl (C=O) groups is 1. The van der Waals surface area contributed by atoms with E-state index in [0.29, 0.717) is 23.1 Å². The summed E-state index contributed by atoms with van der Waals surface area (Å²) in [6, 6.07) is 3.58. The van der Waals surface area contributed by atoms with Crippen LogP contribution >= 0.6 is 15.9 Å². The Morgan fingerprint density at radius 3 is 2.70 bits per heavy atom. The Labute approximate surface area is 124 Å². The standard InChI is InChI=1S/C13H17BrN4O2/c1-7(15)3-2-4-12(19)16-9-6-11-10(5-8(9)14)17-13(20)18-11/h5-7H,2-4,15H2,1H3,(H,16,19)(H2,17,18,20). The molecule has 1 amide bonds. The molecule has 0 saturated heterocycles. The maximum atomic E-state index is 11.8. The van der Waals surface area contributed by atoms with E-state index in [2.05, 4.69) is 31.2 Å². The van der Waals surface area contributed by atoms with Crippen molar-refractivity contribution < 1.29 is 4.79 Å². The Hall–Kier alpha value is -1.60. The van der Waals surface area contributed by atoms with Crippen LogP contribution < -0.4 is 16.7 Å². The molecule has 0 radical (unpaired) electrons. The van der Waals surface area contributed by atoms with Gasteiger partial charge < -0.3 is 21.0 Å². The third-order valence-electron chi connectivity index (χ3n) is 2.94. The first-order valence-corrected chi connectivity index (χ1v) is 7.22. The van der Waals surface area contributed by atoms with Gasteiger partial charge in [-0.25, -0.2) is 4.79 Å². The van der Waals surface area contributed by atoms with Crippen molar-refractivity contribution in [3.63, 3.8) is 0 Å². The van der Waals surface area contributed by atoms with Gasteiger partial charge in [0.1, 0.15) is 0 Å². The Kier molecular flexibility index (Phi) is 4.61. The zero-order chi connectivity index (χ0) is 14.7. The monoisotopic (exact) mass is 340 g/mol. The number of amides is 1. The first-order chi connectivity index (χ1) is 9.45. The lowest BCUT2D eigenvalue weighted by Gasteiger charge is -2.08. The molecule has 2 rings (SSSR count). The molecule has 108 valence electrons. The van der Waals surface area contributed by atoms with E-state index in [-0.39, 0.29) is 17.6 Å². The number of halogens is 1. The number of hydrogen-bond acceptors (Lipinski definition) is 3. The summed E-state index contributed by atoms with van der Waals surface area (Å²) in [6.45, 7) is 1.92. The summed E-state index contributed by atoms with van der Waals surface area (Å²) in [7, 11) is 0. The van der Waals surface area contributed by atoms with Crippen LogP contribution in [0.1, 0.15) is 26.2 Å². The number of imidazole rings is 1. The summed E-state index contributed by atoms with van der Waals surface area (Å²) in [5.41, 5.74) is 7.36. The van der Waals surface area contributed by atoms with E-state index < -0.39 is 0 Å². The molecule has 0 saturated carbocycles. The predicted molar refractivity (Wildman–Crippen MR) is 82.7 cm³/mol. The molecule has 1 aromatic heterocycles. The summed E-state index contributed by atoms with van der Waals surface area (Å²) < 4.78 is 0.723. The van der Waals surface area contributed by atoms with E-state index in [9.17, 15) is 9.59 Å². The molecule has 2 aromatic rings. The highest BCUT2D eigenvalue weighted by molar-refractivity contribution is 9.10. The summed E-state index contributed by atoms with van der Waals surface area (Å²) in [5.74, 6) is -0.0661. The zero-order valence-corrected chi connectivity index (χ0v) is 12.7. The molecular weight excluding hydrogens is 324 g/mol. The van der Waals surface area contributed by atoms with Crippen molar-refractivity contribution in [2.24, 2.45) is 5.73 Å². The predicted octanol–water partition coefficient (Wildman–Crippen LogP) is 2.07. The van der Waals surface area contributed by atoms with Crippen molar-refractivity contribution in [1.29, 1.82) is 0 Å². The largest absolute Gasteiger partial charge is 0.328 e. The molecule has 1 heterocycles. The van der Waals surface area contributed by atoms with E-state index in [1.807, 2.05) is 6.92 Å². The average Bonchev–Trinajstić information content (AvgIpc) is 2.68. The fourth-order valence-electron chi connectivity index (χ4n) is 1.95. The molecule has 0 bridgehead atoms. The van der Waals surface area contributed by atoms with Crippen LogP contribution in [0.5, 0.6) is 0 Å². The van der Waals surface area contributed by atoms with Crippen LogP contribution in [-0.4, -0.2) is 21.9 Å². The van der Waals surface area contributed by atoms with Crippen molar-refractivity contribution in [3.05, 3.63) is 27.1 Å². The number of aromatic amines is 2. The molecule has 1 aromatic carbocycles. The second kappa shape index (κ2) is 6.23. The van der Waals surface area contributed by atoms with Gasteiger partial charge in [-0.05, 0) is 47.8 Å².